The number of piperidine rings is 1. The quantitative estimate of drug-likeness (QED) is 0.633. The summed E-state index contributed by atoms with van der Waals surface area (Å²) in [7, 11) is 0. The molecule has 0 bridgehead atoms. The molecule has 31 heavy (non-hydrogen) atoms. The summed E-state index contributed by atoms with van der Waals surface area (Å²) in [5.41, 5.74) is 6.60. The monoisotopic (exact) mass is 422 g/mol. The molecule has 1 aliphatic rings. The highest BCUT2D eigenvalue weighted by molar-refractivity contribution is 5.77. The van der Waals surface area contributed by atoms with Gasteiger partial charge in [0, 0.05) is 24.0 Å². The molecule has 4 heterocycles. The first kappa shape index (κ1) is 21.2. The summed E-state index contributed by atoms with van der Waals surface area (Å²) >= 11 is 0. The van der Waals surface area contributed by atoms with Crippen LogP contribution in [0.3, 0.4) is 0 Å². The number of hydrogen-bond acceptors (Lipinski definition) is 6. The minimum absolute atomic E-state index is 0.0583. The molecule has 0 aromatic carbocycles. The molecular formula is C23H30N6O2. The zero-order chi connectivity index (χ0) is 22.3. The second kappa shape index (κ2) is 8.24. The van der Waals surface area contributed by atoms with Crippen molar-refractivity contribution in [2.24, 2.45) is 0 Å². The standard InChI is InChI=1S/C23H30N6O2/c1-13-15(3)26-29(17(13)5)12-21(30)28-10-8-7-9-20(28)22-19(11-24-18(6)25-22)23-14(2)16(4)27-31-23/h11,20H,7-10,12H2,1-6H3. The van der Waals surface area contributed by atoms with Crippen LogP contribution in [0.15, 0.2) is 10.7 Å². The van der Waals surface area contributed by atoms with Crippen molar-refractivity contribution < 1.29 is 9.32 Å². The molecule has 8 nitrogen and oxygen atoms in total. The van der Waals surface area contributed by atoms with Crippen LogP contribution in [-0.4, -0.2) is 42.3 Å². The van der Waals surface area contributed by atoms with Crippen molar-refractivity contribution in [3.8, 4) is 11.3 Å². The van der Waals surface area contributed by atoms with Gasteiger partial charge < -0.3 is 9.42 Å². The lowest BCUT2D eigenvalue weighted by Gasteiger charge is -2.36. The molecule has 3 aromatic rings. The molecule has 3 aromatic heterocycles. The lowest BCUT2D eigenvalue weighted by Crippen LogP contribution is -2.41. The van der Waals surface area contributed by atoms with Gasteiger partial charge in [0.2, 0.25) is 5.91 Å². The minimum atomic E-state index is -0.124. The van der Waals surface area contributed by atoms with E-state index in [4.69, 9.17) is 9.51 Å². The molecule has 0 N–H and O–H groups in total. The molecule has 1 atom stereocenters. The second-order valence-electron chi connectivity index (χ2n) is 8.49. The average Bonchev–Trinajstić information content (AvgIpc) is 3.21. The van der Waals surface area contributed by atoms with Gasteiger partial charge in [0.05, 0.1) is 28.7 Å². The topological polar surface area (TPSA) is 89.9 Å². The molecule has 0 aliphatic carbocycles. The van der Waals surface area contributed by atoms with Crippen molar-refractivity contribution in [1.82, 2.24) is 29.8 Å². The van der Waals surface area contributed by atoms with E-state index in [1.54, 1.807) is 6.20 Å². The fraction of sp³-hybridized carbons (Fsp3) is 0.522. The maximum atomic E-state index is 13.4. The number of hydrogen-bond donors (Lipinski definition) is 0. The third-order valence-electron chi connectivity index (χ3n) is 6.51. The van der Waals surface area contributed by atoms with Crippen LogP contribution in [0.5, 0.6) is 0 Å². The first-order chi connectivity index (χ1) is 14.8. The van der Waals surface area contributed by atoms with Gasteiger partial charge in [0.25, 0.3) is 0 Å². The lowest BCUT2D eigenvalue weighted by molar-refractivity contribution is -0.136. The van der Waals surface area contributed by atoms with Gasteiger partial charge in [-0.25, -0.2) is 9.97 Å². The highest BCUT2D eigenvalue weighted by Crippen LogP contribution is 2.37. The van der Waals surface area contributed by atoms with E-state index in [2.05, 4.69) is 15.2 Å². The second-order valence-corrected chi connectivity index (χ2v) is 8.49. The molecule has 1 unspecified atom stereocenters. The number of carbonyl (C=O) groups is 1. The molecule has 1 saturated heterocycles. The normalized spacial score (nSPS) is 16.7. The highest BCUT2D eigenvalue weighted by atomic mass is 16.5. The smallest absolute Gasteiger partial charge is 0.244 e. The third kappa shape index (κ3) is 3.86. The average molecular weight is 423 g/mol. The van der Waals surface area contributed by atoms with E-state index in [0.717, 1.165) is 58.7 Å². The van der Waals surface area contributed by atoms with E-state index in [1.807, 2.05) is 51.1 Å². The number of aryl methyl sites for hydroxylation is 3. The molecule has 0 saturated carbocycles. The van der Waals surface area contributed by atoms with E-state index in [1.165, 1.54) is 0 Å². The van der Waals surface area contributed by atoms with Gasteiger partial charge in [-0.2, -0.15) is 5.10 Å². The summed E-state index contributed by atoms with van der Waals surface area (Å²) in [5, 5.41) is 8.66. The summed E-state index contributed by atoms with van der Waals surface area (Å²) < 4.78 is 7.44. The largest absolute Gasteiger partial charge is 0.356 e. The van der Waals surface area contributed by atoms with Crippen LogP contribution in [0.25, 0.3) is 11.3 Å². The lowest BCUT2D eigenvalue weighted by atomic mass is 9.94. The zero-order valence-corrected chi connectivity index (χ0v) is 19.2. The van der Waals surface area contributed by atoms with E-state index in [-0.39, 0.29) is 18.5 Å². The van der Waals surface area contributed by atoms with Crippen molar-refractivity contribution in [3.63, 3.8) is 0 Å². The maximum Gasteiger partial charge on any atom is 0.244 e. The van der Waals surface area contributed by atoms with Gasteiger partial charge in [-0.15, -0.1) is 0 Å². The third-order valence-corrected chi connectivity index (χ3v) is 6.51. The molecule has 4 rings (SSSR count). The zero-order valence-electron chi connectivity index (χ0n) is 19.2. The van der Waals surface area contributed by atoms with E-state index < -0.39 is 0 Å². The van der Waals surface area contributed by atoms with Crippen LogP contribution in [-0.2, 0) is 11.3 Å². The van der Waals surface area contributed by atoms with Crippen LogP contribution in [0.2, 0.25) is 0 Å². The first-order valence-corrected chi connectivity index (χ1v) is 10.8. The van der Waals surface area contributed by atoms with Crippen molar-refractivity contribution >= 4 is 5.91 Å². The number of amides is 1. The van der Waals surface area contributed by atoms with Gasteiger partial charge in [-0.05, 0) is 66.4 Å². The Kier molecular flexibility index (Phi) is 5.64. The predicted octanol–water partition coefficient (Wildman–Crippen LogP) is 3.93. The summed E-state index contributed by atoms with van der Waals surface area (Å²) in [6.45, 7) is 12.8. The predicted molar refractivity (Wildman–Crippen MR) is 116 cm³/mol. The van der Waals surface area contributed by atoms with Crippen LogP contribution in [0.1, 0.15) is 65.0 Å². The van der Waals surface area contributed by atoms with E-state index in [0.29, 0.717) is 18.1 Å². The van der Waals surface area contributed by atoms with Crippen LogP contribution >= 0.6 is 0 Å². The molecule has 0 radical (unpaired) electrons. The fourth-order valence-electron chi connectivity index (χ4n) is 4.26. The van der Waals surface area contributed by atoms with Crippen molar-refractivity contribution in [1.29, 1.82) is 0 Å². The summed E-state index contributed by atoms with van der Waals surface area (Å²) in [6, 6.07) is -0.124. The van der Waals surface area contributed by atoms with Gasteiger partial charge in [-0.1, -0.05) is 5.16 Å². The molecule has 1 aliphatic heterocycles. The Morgan fingerprint density at radius 2 is 1.87 bits per heavy atom. The van der Waals surface area contributed by atoms with E-state index >= 15 is 0 Å². The summed E-state index contributed by atoms with van der Waals surface area (Å²) in [5.74, 6) is 1.42. The summed E-state index contributed by atoms with van der Waals surface area (Å²) in [4.78, 5) is 24.6. The van der Waals surface area contributed by atoms with Crippen molar-refractivity contribution in [3.05, 3.63) is 45.9 Å². The number of aromatic nitrogens is 5. The van der Waals surface area contributed by atoms with Crippen molar-refractivity contribution in [2.75, 3.05) is 6.54 Å². The molecule has 164 valence electrons. The van der Waals surface area contributed by atoms with Gasteiger partial charge in [0.15, 0.2) is 5.76 Å². The van der Waals surface area contributed by atoms with E-state index in [9.17, 15) is 4.79 Å². The Labute approximate surface area is 182 Å². The number of likely N-dealkylation sites (tertiary alicyclic amines) is 1. The Hall–Kier alpha value is -3.03. The van der Waals surface area contributed by atoms with Gasteiger partial charge in [0.1, 0.15) is 12.4 Å². The molecule has 0 spiro atoms. The Bertz CT molecular complexity index is 1130. The Morgan fingerprint density at radius 3 is 2.52 bits per heavy atom. The first-order valence-electron chi connectivity index (χ1n) is 10.8. The molecular weight excluding hydrogens is 392 g/mol. The molecule has 1 fully saturated rings. The number of carbonyl (C=O) groups excluding carboxylic acids is 1. The van der Waals surface area contributed by atoms with Crippen LogP contribution < -0.4 is 0 Å². The van der Waals surface area contributed by atoms with Gasteiger partial charge in [-0.3, -0.25) is 9.48 Å². The van der Waals surface area contributed by atoms with Crippen LogP contribution in [0.4, 0.5) is 0 Å². The Morgan fingerprint density at radius 1 is 1.10 bits per heavy atom. The Balaban J connectivity index is 1.71. The van der Waals surface area contributed by atoms with Crippen molar-refractivity contribution in [2.45, 2.75) is 73.4 Å². The maximum absolute atomic E-state index is 13.4. The SMILES string of the molecule is Cc1ncc(-c2onc(C)c2C)c(C2CCCCN2C(=O)Cn2nc(C)c(C)c2C)n1. The number of rotatable bonds is 4. The summed E-state index contributed by atoms with van der Waals surface area (Å²) in [6.07, 6.45) is 4.69. The number of nitrogens with zero attached hydrogens (tertiary/aromatic N) is 6. The molecule has 1 amide bonds. The fourth-order valence-corrected chi connectivity index (χ4v) is 4.26. The highest BCUT2D eigenvalue weighted by Gasteiger charge is 2.33. The molecule has 8 heteroatoms. The van der Waals surface area contributed by atoms with Gasteiger partial charge >= 0.3 is 0 Å². The minimum Gasteiger partial charge on any atom is -0.356 e. The van der Waals surface area contributed by atoms with Crippen LogP contribution in [0, 0.1) is 41.5 Å².